The molecule has 106 valence electrons. The predicted molar refractivity (Wildman–Crippen MR) is 76.0 cm³/mol. The van der Waals surface area contributed by atoms with E-state index < -0.39 is 0 Å². The lowest BCUT2D eigenvalue weighted by molar-refractivity contribution is 0.509. The molecule has 0 aliphatic carbocycles. The molecular weight excluding hydrogens is 258 g/mol. The Balaban J connectivity index is 2.31. The lowest BCUT2D eigenvalue weighted by Crippen LogP contribution is -2.30. The summed E-state index contributed by atoms with van der Waals surface area (Å²) in [5.41, 5.74) is 5.91. The van der Waals surface area contributed by atoms with Crippen molar-refractivity contribution >= 4 is 0 Å². The van der Waals surface area contributed by atoms with Crippen LogP contribution in [0, 0.1) is 25.5 Å². The summed E-state index contributed by atoms with van der Waals surface area (Å²) in [6.07, 6.45) is 0.503. The van der Waals surface area contributed by atoms with Gasteiger partial charge >= 0.3 is 0 Å². The number of nitrogens with two attached hydrogens (primary N) is 1. The van der Waals surface area contributed by atoms with E-state index >= 15 is 0 Å². The highest BCUT2D eigenvalue weighted by molar-refractivity contribution is 5.32. The third-order valence-electron chi connectivity index (χ3n) is 3.46. The summed E-state index contributed by atoms with van der Waals surface area (Å²) in [5, 5.41) is 0. The van der Waals surface area contributed by atoms with Gasteiger partial charge in [0, 0.05) is 5.56 Å². The summed E-state index contributed by atoms with van der Waals surface area (Å²) >= 11 is 0. The van der Waals surface area contributed by atoms with Crippen molar-refractivity contribution in [3.63, 3.8) is 0 Å². The molecule has 0 bridgehead atoms. The van der Waals surface area contributed by atoms with Crippen LogP contribution >= 0.6 is 0 Å². The summed E-state index contributed by atoms with van der Waals surface area (Å²) in [6, 6.07) is 9.17. The fourth-order valence-electron chi connectivity index (χ4n) is 2.30. The van der Waals surface area contributed by atoms with Crippen molar-refractivity contribution in [3.05, 3.63) is 70.3 Å². The van der Waals surface area contributed by atoms with Crippen LogP contribution in [0.15, 0.2) is 36.4 Å². The first kappa shape index (κ1) is 14.6. The van der Waals surface area contributed by atoms with Gasteiger partial charge in [-0.05, 0) is 49.6 Å². The van der Waals surface area contributed by atoms with Gasteiger partial charge in [-0.15, -0.1) is 0 Å². The van der Waals surface area contributed by atoms with Crippen LogP contribution in [0.5, 0.6) is 0 Å². The highest BCUT2D eigenvalue weighted by atomic mass is 19.1. The first-order chi connectivity index (χ1) is 9.51. The van der Waals surface area contributed by atoms with Crippen LogP contribution in [0.25, 0.3) is 0 Å². The molecule has 0 radical (unpaired) electrons. The largest absolute Gasteiger partial charge is 0.271 e. The van der Waals surface area contributed by atoms with Gasteiger partial charge in [0.25, 0.3) is 0 Å². The third-order valence-corrected chi connectivity index (χ3v) is 3.46. The highest BCUT2D eigenvalue weighted by Gasteiger charge is 2.16. The minimum Gasteiger partial charge on any atom is -0.271 e. The van der Waals surface area contributed by atoms with Crippen LogP contribution in [0.4, 0.5) is 8.78 Å². The Morgan fingerprint density at radius 1 is 1.10 bits per heavy atom. The summed E-state index contributed by atoms with van der Waals surface area (Å²) in [7, 11) is 0. The molecule has 0 aliphatic heterocycles. The molecule has 0 saturated heterocycles. The Labute approximate surface area is 117 Å². The number of halogens is 2. The molecule has 1 atom stereocenters. The third kappa shape index (κ3) is 3.21. The molecule has 2 aromatic rings. The van der Waals surface area contributed by atoms with Gasteiger partial charge in [-0.1, -0.05) is 23.8 Å². The molecule has 4 heteroatoms. The van der Waals surface area contributed by atoms with Crippen molar-refractivity contribution < 1.29 is 8.78 Å². The zero-order chi connectivity index (χ0) is 14.7. The molecule has 2 aromatic carbocycles. The van der Waals surface area contributed by atoms with Crippen LogP contribution in [0.3, 0.4) is 0 Å². The quantitative estimate of drug-likeness (QED) is 0.664. The van der Waals surface area contributed by atoms with Crippen molar-refractivity contribution in [2.24, 2.45) is 5.84 Å². The molecule has 0 spiro atoms. The SMILES string of the molecule is Cc1ccc(F)c(C(Cc2ccc(F)cc2C)NN)c1. The zero-order valence-corrected chi connectivity index (χ0v) is 11.6. The molecule has 1 unspecified atom stereocenters. The standard InChI is InChI=1S/C16H18F2N2/c1-10-3-6-15(18)14(7-10)16(20-19)9-12-4-5-13(17)8-11(12)2/h3-8,16,20H,9,19H2,1-2H3. The Bertz CT molecular complexity index is 611. The van der Waals surface area contributed by atoms with E-state index in [4.69, 9.17) is 5.84 Å². The van der Waals surface area contributed by atoms with Gasteiger partial charge in [0.05, 0.1) is 6.04 Å². The number of nitrogens with one attached hydrogen (secondary N) is 1. The van der Waals surface area contributed by atoms with Gasteiger partial charge < -0.3 is 0 Å². The smallest absolute Gasteiger partial charge is 0.128 e. The summed E-state index contributed by atoms with van der Waals surface area (Å²) in [6.45, 7) is 3.73. The van der Waals surface area contributed by atoms with Crippen molar-refractivity contribution in [1.29, 1.82) is 0 Å². The van der Waals surface area contributed by atoms with Gasteiger partial charge in [0.15, 0.2) is 0 Å². The van der Waals surface area contributed by atoms with Gasteiger partial charge in [-0.3, -0.25) is 11.3 Å². The van der Waals surface area contributed by atoms with E-state index in [9.17, 15) is 8.78 Å². The van der Waals surface area contributed by atoms with Crippen molar-refractivity contribution in [2.75, 3.05) is 0 Å². The maximum absolute atomic E-state index is 13.9. The maximum atomic E-state index is 13.9. The molecule has 3 N–H and O–H groups in total. The lowest BCUT2D eigenvalue weighted by Gasteiger charge is -2.19. The second-order valence-corrected chi connectivity index (χ2v) is 5.02. The molecule has 0 aliphatic rings. The molecule has 0 fully saturated rings. The minimum atomic E-state index is -0.348. The zero-order valence-electron chi connectivity index (χ0n) is 11.6. The number of hydrogen-bond acceptors (Lipinski definition) is 2. The summed E-state index contributed by atoms with van der Waals surface area (Å²) in [4.78, 5) is 0. The van der Waals surface area contributed by atoms with Crippen molar-refractivity contribution in [1.82, 2.24) is 5.43 Å². The van der Waals surface area contributed by atoms with Crippen molar-refractivity contribution in [2.45, 2.75) is 26.3 Å². The van der Waals surface area contributed by atoms with Crippen LogP contribution in [-0.4, -0.2) is 0 Å². The summed E-state index contributed by atoms with van der Waals surface area (Å²) in [5.74, 6) is 4.99. The first-order valence-corrected chi connectivity index (χ1v) is 6.48. The highest BCUT2D eigenvalue weighted by Crippen LogP contribution is 2.23. The normalized spacial score (nSPS) is 12.4. The molecule has 20 heavy (non-hydrogen) atoms. The Hall–Kier alpha value is -1.78. The van der Waals surface area contributed by atoms with Gasteiger partial charge in [0.2, 0.25) is 0 Å². The van der Waals surface area contributed by atoms with E-state index in [1.807, 2.05) is 13.8 Å². The van der Waals surface area contributed by atoms with E-state index in [-0.39, 0.29) is 17.7 Å². The summed E-state index contributed by atoms with van der Waals surface area (Å²) < 4.78 is 27.0. The van der Waals surface area contributed by atoms with Crippen LogP contribution in [0.2, 0.25) is 0 Å². The van der Waals surface area contributed by atoms with Gasteiger partial charge in [-0.2, -0.15) is 0 Å². The number of aryl methyl sites for hydroxylation is 2. The predicted octanol–water partition coefficient (Wildman–Crippen LogP) is 3.33. The van der Waals surface area contributed by atoms with Crippen LogP contribution in [-0.2, 0) is 6.42 Å². The Morgan fingerprint density at radius 3 is 2.50 bits per heavy atom. The average Bonchev–Trinajstić information content (AvgIpc) is 2.41. The van der Waals surface area contributed by atoms with E-state index in [0.717, 1.165) is 16.7 Å². The molecule has 2 rings (SSSR count). The van der Waals surface area contributed by atoms with Crippen molar-refractivity contribution in [3.8, 4) is 0 Å². The topological polar surface area (TPSA) is 38.0 Å². The van der Waals surface area contributed by atoms with Crippen LogP contribution in [0.1, 0.15) is 28.3 Å². The monoisotopic (exact) mass is 276 g/mol. The Kier molecular flexibility index (Phi) is 4.47. The number of benzene rings is 2. The maximum Gasteiger partial charge on any atom is 0.128 e. The number of hydrazine groups is 1. The average molecular weight is 276 g/mol. The van der Waals surface area contributed by atoms with Gasteiger partial charge in [0.1, 0.15) is 11.6 Å². The molecule has 0 aromatic heterocycles. The second kappa shape index (κ2) is 6.11. The molecular formula is C16H18F2N2. The fraction of sp³-hybridized carbons (Fsp3) is 0.250. The number of rotatable bonds is 4. The fourth-order valence-corrected chi connectivity index (χ4v) is 2.30. The Morgan fingerprint density at radius 2 is 1.85 bits per heavy atom. The second-order valence-electron chi connectivity index (χ2n) is 5.02. The molecule has 0 amide bonds. The lowest BCUT2D eigenvalue weighted by atomic mass is 9.95. The van der Waals surface area contributed by atoms with Gasteiger partial charge in [-0.25, -0.2) is 8.78 Å². The van der Waals surface area contributed by atoms with E-state index in [0.29, 0.717) is 12.0 Å². The molecule has 0 heterocycles. The van der Waals surface area contributed by atoms with Crippen LogP contribution < -0.4 is 11.3 Å². The van der Waals surface area contributed by atoms with E-state index in [1.165, 1.54) is 18.2 Å². The molecule has 0 saturated carbocycles. The first-order valence-electron chi connectivity index (χ1n) is 6.48. The van der Waals surface area contributed by atoms with E-state index in [1.54, 1.807) is 18.2 Å². The van der Waals surface area contributed by atoms with E-state index in [2.05, 4.69) is 5.43 Å². The number of hydrogen-bond donors (Lipinski definition) is 2. The minimum absolute atomic E-state index is 0.273. The molecule has 2 nitrogen and oxygen atoms in total.